The molecule has 4 aromatic rings. The molecule has 4 rings (SSSR count). The Labute approximate surface area is 278 Å². The first-order valence-electron chi connectivity index (χ1n) is 13.6. The van der Waals surface area contributed by atoms with Gasteiger partial charge in [0, 0.05) is 37.1 Å². The molecule has 45 heavy (non-hydrogen) atoms. The highest BCUT2D eigenvalue weighted by atomic mass is 35.5. The molecule has 0 spiro atoms. The average Bonchev–Trinajstić information content (AvgIpc) is 3.45. The Bertz CT molecular complexity index is 1710. The maximum atomic E-state index is 13.5. The molecule has 1 heterocycles. The van der Waals surface area contributed by atoms with Crippen LogP contribution >= 0.6 is 46.3 Å². The molecule has 3 N–H and O–H groups in total. The summed E-state index contributed by atoms with van der Waals surface area (Å²) < 4.78 is 4.94. The zero-order valence-corrected chi connectivity index (χ0v) is 27.3. The first-order valence-corrected chi connectivity index (χ1v) is 16.2. The van der Waals surface area contributed by atoms with Crippen molar-refractivity contribution in [1.29, 1.82) is 0 Å². The van der Waals surface area contributed by atoms with Crippen molar-refractivity contribution in [3.05, 3.63) is 111 Å². The number of carbonyl (C=O) groups excluding carboxylic acids is 4. The molecule has 13 heteroatoms. The highest BCUT2D eigenvalue weighted by Gasteiger charge is 2.19. The van der Waals surface area contributed by atoms with Gasteiger partial charge in [-0.3, -0.25) is 19.2 Å². The Morgan fingerprint density at radius 2 is 1.69 bits per heavy atom. The van der Waals surface area contributed by atoms with E-state index in [-0.39, 0.29) is 30.6 Å². The van der Waals surface area contributed by atoms with E-state index >= 15 is 0 Å². The smallest absolute Gasteiger partial charge is 0.311 e. The second-order valence-corrected chi connectivity index (χ2v) is 12.5. The van der Waals surface area contributed by atoms with Crippen molar-refractivity contribution in [2.75, 3.05) is 17.2 Å². The minimum atomic E-state index is -0.606. The van der Waals surface area contributed by atoms with Gasteiger partial charge in [-0.2, -0.15) is 0 Å². The minimum Gasteiger partial charge on any atom is -0.466 e. The Morgan fingerprint density at radius 3 is 2.40 bits per heavy atom. The Kier molecular flexibility index (Phi) is 12.2. The minimum absolute atomic E-state index is 0.0291. The number of hydrogen-bond acceptors (Lipinski definition) is 8. The normalized spacial score (nSPS) is 11.8. The molecule has 0 aliphatic heterocycles. The average molecular weight is 684 g/mol. The summed E-state index contributed by atoms with van der Waals surface area (Å²) in [6, 6.07) is 20.3. The number of anilines is 2. The lowest BCUT2D eigenvalue weighted by atomic mass is 10.1. The van der Waals surface area contributed by atoms with Crippen LogP contribution < -0.4 is 16.0 Å². The first kappa shape index (κ1) is 33.7. The summed E-state index contributed by atoms with van der Waals surface area (Å²) >= 11 is 15.2. The fourth-order valence-corrected chi connectivity index (χ4v) is 6.00. The number of esters is 1. The lowest BCUT2D eigenvalue weighted by Gasteiger charge is -2.14. The summed E-state index contributed by atoms with van der Waals surface area (Å²) in [5.41, 5.74) is 1.61. The molecule has 1 atom stereocenters. The number of nitrogens with one attached hydrogen (secondary N) is 3. The topological polar surface area (TPSA) is 126 Å². The maximum Gasteiger partial charge on any atom is 0.311 e. The Morgan fingerprint density at radius 1 is 0.978 bits per heavy atom. The molecule has 0 aliphatic rings. The molecule has 0 fully saturated rings. The second kappa shape index (κ2) is 16.2. The van der Waals surface area contributed by atoms with E-state index in [0.29, 0.717) is 42.6 Å². The molecule has 0 aliphatic carbocycles. The van der Waals surface area contributed by atoms with Crippen molar-refractivity contribution < 1.29 is 23.9 Å². The largest absolute Gasteiger partial charge is 0.466 e. The van der Waals surface area contributed by atoms with E-state index in [9.17, 15) is 19.2 Å². The van der Waals surface area contributed by atoms with Crippen LogP contribution in [-0.2, 0) is 25.5 Å². The number of aromatic nitrogens is 1. The van der Waals surface area contributed by atoms with Crippen molar-refractivity contribution >= 4 is 86.9 Å². The molecule has 9 nitrogen and oxygen atoms in total. The van der Waals surface area contributed by atoms with Gasteiger partial charge in [0.05, 0.1) is 24.0 Å². The summed E-state index contributed by atoms with van der Waals surface area (Å²) in [5, 5.41) is 10.4. The van der Waals surface area contributed by atoms with Crippen molar-refractivity contribution in [2.24, 2.45) is 0 Å². The maximum absolute atomic E-state index is 13.5. The molecule has 3 amide bonds. The highest BCUT2D eigenvalue weighted by Crippen LogP contribution is 2.29. The van der Waals surface area contributed by atoms with Gasteiger partial charge < -0.3 is 20.7 Å². The van der Waals surface area contributed by atoms with E-state index < -0.39 is 17.1 Å². The molecule has 0 saturated heterocycles. The quantitative estimate of drug-likeness (QED) is 0.0828. The van der Waals surface area contributed by atoms with Crippen LogP contribution in [0.3, 0.4) is 0 Å². The molecular formula is C32H28Cl2N4O5S2. The number of ether oxygens (including phenoxy) is 1. The Balaban J connectivity index is 1.45. The van der Waals surface area contributed by atoms with Crippen LogP contribution in [0.15, 0.2) is 88.8 Å². The zero-order valence-electron chi connectivity index (χ0n) is 24.1. The molecule has 0 radical (unpaired) electrons. The SMILES string of the molecule is CCOC(=O)Cc1csc(NC(=O)C(C)Sc2cccc(NC(=O)/C(=C\c3c(Cl)cccc3Cl)NC(=O)c3ccccc3)c2)n1. The number of thiazole rings is 1. The number of nitrogens with zero attached hydrogens (tertiary/aromatic N) is 1. The molecule has 232 valence electrons. The van der Waals surface area contributed by atoms with Crippen LogP contribution in [0.4, 0.5) is 10.8 Å². The fourth-order valence-electron chi connectivity index (χ4n) is 3.85. The van der Waals surface area contributed by atoms with E-state index in [1.807, 2.05) is 6.07 Å². The van der Waals surface area contributed by atoms with Gasteiger partial charge in [0.25, 0.3) is 11.8 Å². The zero-order chi connectivity index (χ0) is 32.3. The number of hydrogen-bond donors (Lipinski definition) is 3. The summed E-state index contributed by atoms with van der Waals surface area (Å²) in [6.07, 6.45) is 1.45. The lowest BCUT2D eigenvalue weighted by molar-refractivity contribution is -0.142. The summed E-state index contributed by atoms with van der Waals surface area (Å²) in [5.74, 6) is -1.76. The summed E-state index contributed by atoms with van der Waals surface area (Å²) in [7, 11) is 0. The van der Waals surface area contributed by atoms with E-state index in [0.717, 1.165) is 0 Å². The van der Waals surface area contributed by atoms with Crippen molar-refractivity contribution in [2.45, 2.75) is 30.4 Å². The third-order valence-electron chi connectivity index (χ3n) is 6.00. The number of halogens is 2. The van der Waals surface area contributed by atoms with E-state index in [1.54, 1.807) is 86.0 Å². The van der Waals surface area contributed by atoms with Gasteiger partial charge in [0.2, 0.25) is 5.91 Å². The predicted molar refractivity (Wildman–Crippen MR) is 180 cm³/mol. The van der Waals surface area contributed by atoms with Gasteiger partial charge in [0.1, 0.15) is 5.70 Å². The van der Waals surface area contributed by atoms with E-state index in [4.69, 9.17) is 27.9 Å². The first-order chi connectivity index (χ1) is 21.6. The van der Waals surface area contributed by atoms with E-state index in [2.05, 4.69) is 20.9 Å². The molecular weight excluding hydrogens is 655 g/mol. The molecule has 0 saturated carbocycles. The molecule has 1 unspecified atom stereocenters. The van der Waals surface area contributed by atoms with Gasteiger partial charge in [0.15, 0.2) is 5.13 Å². The summed E-state index contributed by atoms with van der Waals surface area (Å²) in [4.78, 5) is 56.0. The number of thioether (sulfide) groups is 1. The van der Waals surface area contributed by atoms with Crippen LogP contribution in [0.2, 0.25) is 10.0 Å². The number of rotatable bonds is 12. The predicted octanol–water partition coefficient (Wildman–Crippen LogP) is 7.08. The summed E-state index contributed by atoms with van der Waals surface area (Å²) in [6.45, 7) is 3.75. The van der Waals surface area contributed by atoms with Gasteiger partial charge in [-0.25, -0.2) is 4.98 Å². The number of benzene rings is 3. The van der Waals surface area contributed by atoms with Crippen LogP contribution in [0.25, 0.3) is 6.08 Å². The monoisotopic (exact) mass is 682 g/mol. The van der Waals surface area contributed by atoms with Gasteiger partial charge in [-0.1, -0.05) is 53.5 Å². The second-order valence-electron chi connectivity index (χ2n) is 9.37. The van der Waals surface area contributed by atoms with Crippen molar-refractivity contribution in [1.82, 2.24) is 10.3 Å². The molecule has 0 bridgehead atoms. The van der Waals surface area contributed by atoms with Gasteiger partial charge in [-0.15, -0.1) is 23.1 Å². The van der Waals surface area contributed by atoms with Crippen LogP contribution in [0, 0.1) is 0 Å². The van der Waals surface area contributed by atoms with Crippen LogP contribution in [0.1, 0.15) is 35.5 Å². The fraction of sp³-hybridized carbons (Fsp3) is 0.156. The standard InChI is InChI=1S/C32H28Cl2N4O5S2/c1-3-43-28(39)16-22-18-44-32(36-22)38-29(40)19(2)45-23-12-7-11-21(15-23)35-31(42)27(17-24-25(33)13-8-14-26(24)34)37-30(41)20-9-5-4-6-10-20/h4-15,17-19H,3,16H2,1-2H3,(H,35,42)(H,37,41)(H,36,38,40)/b27-17+. The number of carbonyl (C=O) groups is 4. The van der Waals surface area contributed by atoms with Crippen molar-refractivity contribution in [3.8, 4) is 0 Å². The lowest BCUT2D eigenvalue weighted by Crippen LogP contribution is -2.30. The van der Waals surface area contributed by atoms with Crippen molar-refractivity contribution in [3.63, 3.8) is 0 Å². The van der Waals surface area contributed by atoms with E-state index in [1.165, 1.54) is 29.2 Å². The van der Waals surface area contributed by atoms with Gasteiger partial charge >= 0.3 is 5.97 Å². The molecule has 3 aromatic carbocycles. The van der Waals surface area contributed by atoms with Crippen LogP contribution in [0.5, 0.6) is 0 Å². The molecule has 1 aromatic heterocycles. The highest BCUT2D eigenvalue weighted by molar-refractivity contribution is 8.00. The number of amides is 3. The third kappa shape index (κ3) is 9.92. The van der Waals surface area contributed by atoms with Crippen LogP contribution in [-0.4, -0.2) is 40.5 Å². The third-order valence-corrected chi connectivity index (χ3v) is 8.56. The Hall–Kier alpha value is -4.16. The van der Waals surface area contributed by atoms with Gasteiger partial charge in [-0.05, 0) is 62.4 Å².